The molecular weight excluding hydrogens is 412 g/mol. The Morgan fingerprint density at radius 2 is 1.76 bits per heavy atom. The third-order valence-corrected chi connectivity index (χ3v) is 6.93. The second-order valence-corrected chi connectivity index (χ2v) is 9.88. The number of benzene rings is 1. The van der Waals surface area contributed by atoms with Crippen LogP contribution in [-0.2, 0) is 11.3 Å². The van der Waals surface area contributed by atoms with Crippen LogP contribution in [0.1, 0.15) is 59.7 Å². The van der Waals surface area contributed by atoms with Crippen LogP contribution in [0, 0.1) is 25.7 Å². The quantitative estimate of drug-likeness (QED) is 0.748. The van der Waals surface area contributed by atoms with Crippen LogP contribution in [0.2, 0.25) is 0 Å². The number of nitrogens with zero attached hydrogens (tertiary/aromatic N) is 3. The largest absolute Gasteiger partial charge is 0.357 e. The Labute approximate surface area is 197 Å². The van der Waals surface area contributed by atoms with Gasteiger partial charge in [0.15, 0.2) is 0 Å². The van der Waals surface area contributed by atoms with Crippen molar-refractivity contribution in [2.75, 3.05) is 31.1 Å². The van der Waals surface area contributed by atoms with E-state index in [0.29, 0.717) is 25.2 Å². The van der Waals surface area contributed by atoms with Crippen LogP contribution in [-0.4, -0.2) is 47.9 Å². The van der Waals surface area contributed by atoms with Gasteiger partial charge in [-0.3, -0.25) is 9.59 Å². The highest BCUT2D eigenvalue weighted by Gasteiger charge is 2.29. The van der Waals surface area contributed by atoms with Gasteiger partial charge in [0.25, 0.3) is 5.91 Å². The highest BCUT2D eigenvalue weighted by Crippen LogP contribution is 2.22. The first-order chi connectivity index (χ1) is 15.9. The molecule has 2 amide bonds. The van der Waals surface area contributed by atoms with E-state index in [-0.39, 0.29) is 17.7 Å². The van der Waals surface area contributed by atoms with Gasteiger partial charge >= 0.3 is 0 Å². The maximum absolute atomic E-state index is 13.0. The zero-order chi connectivity index (χ0) is 23.4. The van der Waals surface area contributed by atoms with Crippen molar-refractivity contribution < 1.29 is 9.59 Å². The number of carbonyl (C=O) groups excluding carboxylic acids is 2. The number of likely N-dealkylation sites (tertiary alicyclic amines) is 1. The van der Waals surface area contributed by atoms with E-state index >= 15 is 0 Å². The molecule has 2 aliphatic rings. The molecule has 2 aliphatic heterocycles. The molecule has 2 fully saturated rings. The monoisotopic (exact) mass is 448 g/mol. The van der Waals surface area contributed by atoms with E-state index in [9.17, 15) is 9.59 Å². The van der Waals surface area contributed by atoms with Crippen LogP contribution in [0.5, 0.6) is 0 Å². The van der Waals surface area contributed by atoms with E-state index in [2.05, 4.69) is 40.3 Å². The minimum atomic E-state index is -0.170. The summed E-state index contributed by atoms with van der Waals surface area (Å²) in [6, 6.07) is 10.0. The maximum Gasteiger partial charge on any atom is 0.253 e. The number of hydrogen-bond acceptors (Lipinski definition) is 4. The van der Waals surface area contributed by atoms with Gasteiger partial charge in [-0.1, -0.05) is 30.2 Å². The summed E-state index contributed by atoms with van der Waals surface area (Å²) in [6.45, 7) is 10.1. The van der Waals surface area contributed by atoms with Crippen molar-refractivity contribution in [1.29, 1.82) is 0 Å². The van der Waals surface area contributed by atoms with Gasteiger partial charge in [0, 0.05) is 44.5 Å². The zero-order valence-electron chi connectivity index (χ0n) is 20.1. The lowest BCUT2D eigenvalue weighted by Crippen LogP contribution is -2.45. The highest BCUT2D eigenvalue weighted by atomic mass is 16.2. The number of amides is 2. The highest BCUT2D eigenvalue weighted by molar-refractivity contribution is 5.95. The normalized spacial score (nSPS) is 19.4. The molecule has 3 heterocycles. The van der Waals surface area contributed by atoms with Crippen LogP contribution in [0.15, 0.2) is 36.5 Å². The molecule has 6 heteroatoms. The first-order valence-electron chi connectivity index (χ1n) is 12.2. The number of hydrogen-bond donors (Lipinski definition) is 1. The van der Waals surface area contributed by atoms with E-state index in [1.807, 2.05) is 37.1 Å². The first kappa shape index (κ1) is 23.3. The molecule has 0 saturated carbocycles. The van der Waals surface area contributed by atoms with Gasteiger partial charge in [0.1, 0.15) is 5.82 Å². The number of aryl methyl sites for hydroxylation is 2. The Bertz CT molecular complexity index is 960. The SMILES string of the molecule is Cc1cc(C)cc(C(=O)N2CCCC(C(=O)NCc3ccc(N4CCC(C)CC4)nc3)C2)c1. The number of pyridine rings is 1. The number of anilines is 1. The van der Waals surface area contributed by atoms with Crippen molar-refractivity contribution in [2.45, 2.75) is 53.0 Å². The molecule has 1 aromatic carbocycles. The molecule has 6 nitrogen and oxygen atoms in total. The zero-order valence-corrected chi connectivity index (χ0v) is 20.1. The van der Waals surface area contributed by atoms with Gasteiger partial charge in [-0.25, -0.2) is 4.98 Å². The Morgan fingerprint density at radius 3 is 2.42 bits per heavy atom. The summed E-state index contributed by atoms with van der Waals surface area (Å²) in [5.74, 6) is 1.68. The summed E-state index contributed by atoms with van der Waals surface area (Å²) >= 11 is 0. The fraction of sp³-hybridized carbons (Fsp3) is 0.519. The molecule has 0 radical (unpaired) electrons. The fourth-order valence-corrected chi connectivity index (χ4v) is 4.94. The lowest BCUT2D eigenvalue weighted by atomic mass is 9.96. The Hall–Kier alpha value is -2.89. The molecule has 0 aliphatic carbocycles. The van der Waals surface area contributed by atoms with Crippen molar-refractivity contribution in [1.82, 2.24) is 15.2 Å². The molecule has 4 rings (SSSR count). The molecule has 0 bridgehead atoms. The van der Waals surface area contributed by atoms with E-state index in [0.717, 1.165) is 54.4 Å². The summed E-state index contributed by atoms with van der Waals surface area (Å²) < 4.78 is 0. The predicted molar refractivity (Wildman–Crippen MR) is 131 cm³/mol. The first-order valence-corrected chi connectivity index (χ1v) is 12.2. The second-order valence-electron chi connectivity index (χ2n) is 9.88. The van der Waals surface area contributed by atoms with Crippen molar-refractivity contribution >= 4 is 17.6 Å². The number of rotatable bonds is 5. The third kappa shape index (κ3) is 5.92. The van der Waals surface area contributed by atoms with Crippen molar-refractivity contribution in [2.24, 2.45) is 11.8 Å². The molecule has 1 atom stereocenters. The molecule has 1 N–H and O–H groups in total. The molecular formula is C27H36N4O2. The molecule has 176 valence electrons. The van der Waals surface area contributed by atoms with E-state index in [1.165, 1.54) is 12.8 Å². The maximum atomic E-state index is 13.0. The van der Waals surface area contributed by atoms with Crippen LogP contribution in [0.4, 0.5) is 5.82 Å². The van der Waals surface area contributed by atoms with E-state index in [1.54, 1.807) is 0 Å². The van der Waals surface area contributed by atoms with E-state index in [4.69, 9.17) is 0 Å². The third-order valence-electron chi connectivity index (χ3n) is 6.93. The summed E-state index contributed by atoms with van der Waals surface area (Å²) in [6.07, 6.45) is 5.95. The topological polar surface area (TPSA) is 65.5 Å². The van der Waals surface area contributed by atoms with Crippen LogP contribution in [0.3, 0.4) is 0 Å². The molecule has 2 saturated heterocycles. The van der Waals surface area contributed by atoms with Gasteiger partial charge in [0.2, 0.25) is 5.91 Å². The summed E-state index contributed by atoms with van der Waals surface area (Å²) in [5.41, 5.74) is 3.87. The Morgan fingerprint density at radius 1 is 1.03 bits per heavy atom. The molecule has 0 spiro atoms. The number of nitrogens with one attached hydrogen (secondary N) is 1. The predicted octanol–water partition coefficient (Wildman–Crippen LogP) is 4.10. The Balaban J connectivity index is 1.30. The summed E-state index contributed by atoms with van der Waals surface area (Å²) in [5, 5.41) is 3.06. The van der Waals surface area contributed by atoms with Gasteiger partial charge in [0.05, 0.1) is 5.92 Å². The number of piperidine rings is 2. The lowest BCUT2D eigenvalue weighted by molar-refractivity contribution is -0.126. The van der Waals surface area contributed by atoms with Crippen molar-refractivity contribution in [3.8, 4) is 0 Å². The van der Waals surface area contributed by atoms with Crippen LogP contribution < -0.4 is 10.2 Å². The van der Waals surface area contributed by atoms with Crippen LogP contribution in [0.25, 0.3) is 0 Å². The van der Waals surface area contributed by atoms with Crippen LogP contribution >= 0.6 is 0 Å². The fourth-order valence-electron chi connectivity index (χ4n) is 4.94. The molecule has 1 aromatic heterocycles. The molecule has 33 heavy (non-hydrogen) atoms. The van der Waals surface area contributed by atoms with Gasteiger partial charge in [-0.15, -0.1) is 0 Å². The van der Waals surface area contributed by atoms with Gasteiger partial charge in [-0.05, 0) is 69.2 Å². The number of carbonyl (C=O) groups is 2. The van der Waals surface area contributed by atoms with Gasteiger partial charge in [-0.2, -0.15) is 0 Å². The van der Waals surface area contributed by atoms with Gasteiger partial charge < -0.3 is 15.1 Å². The smallest absolute Gasteiger partial charge is 0.253 e. The van der Waals surface area contributed by atoms with Crippen molar-refractivity contribution in [3.05, 3.63) is 58.8 Å². The summed E-state index contributed by atoms with van der Waals surface area (Å²) in [7, 11) is 0. The lowest BCUT2D eigenvalue weighted by Gasteiger charge is -2.32. The average molecular weight is 449 g/mol. The van der Waals surface area contributed by atoms with E-state index < -0.39 is 0 Å². The standard InChI is InChI=1S/C27H36N4O2/c1-19-8-11-30(12-9-19)25-7-6-22(16-28-25)17-29-26(32)23-5-4-10-31(18-23)27(33)24-14-20(2)13-21(3)15-24/h6-7,13-16,19,23H,4-5,8-12,17-18H2,1-3H3,(H,29,32). The summed E-state index contributed by atoms with van der Waals surface area (Å²) in [4.78, 5) is 34.7. The minimum Gasteiger partial charge on any atom is -0.357 e. The minimum absolute atomic E-state index is 0.0158. The van der Waals surface area contributed by atoms with Crippen molar-refractivity contribution in [3.63, 3.8) is 0 Å². The molecule has 2 aromatic rings. The second kappa shape index (κ2) is 10.4. The molecule has 1 unspecified atom stereocenters. The average Bonchev–Trinajstić information content (AvgIpc) is 2.82. The number of aromatic nitrogens is 1. The Kier molecular flexibility index (Phi) is 7.31.